The first-order valence-electron chi connectivity index (χ1n) is 8.46. The van der Waals surface area contributed by atoms with Crippen LogP contribution >= 0.6 is 22.7 Å². The molecule has 25 heavy (non-hydrogen) atoms. The van der Waals surface area contributed by atoms with Gasteiger partial charge in [0.05, 0.1) is 42.5 Å². The van der Waals surface area contributed by atoms with Crippen LogP contribution in [0.25, 0.3) is 0 Å². The van der Waals surface area contributed by atoms with Gasteiger partial charge in [-0.15, -0.1) is 22.7 Å². The van der Waals surface area contributed by atoms with Crippen molar-refractivity contribution in [3.05, 3.63) is 44.8 Å². The van der Waals surface area contributed by atoms with Crippen molar-refractivity contribution in [1.82, 2.24) is 5.32 Å². The maximum atomic E-state index is 13.2. The van der Waals surface area contributed by atoms with Gasteiger partial charge < -0.3 is 31.9 Å². The first-order valence-corrected chi connectivity index (χ1v) is 10.2. The van der Waals surface area contributed by atoms with Crippen LogP contribution in [-0.4, -0.2) is 48.2 Å². The van der Waals surface area contributed by atoms with Crippen LogP contribution in [0.1, 0.15) is 22.6 Å². The van der Waals surface area contributed by atoms with Crippen LogP contribution in [-0.2, 0) is 10.4 Å². The molecule has 1 unspecified atom stereocenters. The van der Waals surface area contributed by atoms with Crippen molar-refractivity contribution in [1.29, 1.82) is 0 Å². The van der Waals surface area contributed by atoms with Gasteiger partial charge in [0.1, 0.15) is 0 Å². The Balaban J connectivity index is 0.00000182. The predicted molar refractivity (Wildman–Crippen MR) is 97.1 cm³/mol. The molecule has 2 bridgehead atoms. The normalized spacial score (nSPS) is 28.4. The first kappa shape index (κ1) is 19.0. The summed E-state index contributed by atoms with van der Waals surface area (Å²) >= 11 is 2.85. The molecule has 2 aromatic heterocycles. The molecule has 2 N–H and O–H groups in total. The second-order valence-electron chi connectivity index (χ2n) is 7.33. The van der Waals surface area contributed by atoms with E-state index >= 15 is 0 Å². The number of nitrogens with zero attached hydrogens (tertiary/aromatic N) is 1. The molecule has 0 aromatic carbocycles. The molecule has 136 valence electrons. The lowest BCUT2D eigenvalue weighted by atomic mass is 9.81. The van der Waals surface area contributed by atoms with E-state index < -0.39 is 5.60 Å². The standard InChI is InChI=1S/C18H22N2O2S2.BrH/c1-20-8-6-13(7-9-20)14(12-20)19-17(21)18(22,15-4-2-10-23-15)16-5-3-11-24-16;/h2-5,10-11,13-14,22H,6-9,12H2,1H3;1H. The summed E-state index contributed by atoms with van der Waals surface area (Å²) in [7, 11) is 2.28. The third kappa shape index (κ3) is 3.32. The van der Waals surface area contributed by atoms with E-state index in [2.05, 4.69) is 12.4 Å². The minimum Gasteiger partial charge on any atom is -1.00 e. The highest BCUT2D eigenvalue weighted by Crippen LogP contribution is 2.37. The van der Waals surface area contributed by atoms with Crippen molar-refractivity contribution in [3.8, 4) is 0 Å². The van der Waals surface area contributed by atoms with Crippen molar-refractivity contribution in [2.75, 3.05) is 26.7 Å². The molecule has 2 aromatic rings. The summed E-state index contributed by atoms with van der Waals surface area (Å²) in [6.07, 6.45) is 2.33. The lowest BCUT2D eigenvalue weighted by molar-refractivity contribution is -0.925. The van der Waals surface area contributed by atoms with E-state index in [1.165, 1.54) is 35.8 Å². The third-order valence-corrected chi connectivity index (χ3v) is 7.64. The van der Waals surface area contributed by atoms with Gasteiger partial charge in [-0.1, -0.05) is 12.1 Å². The maximum absolute atomic E-state index is 13.2. The summed E-state index contributed by atoms with van der Waals surface area (Å²) in [6.45, 7) is 3.38. The molecule has 1 amide bonds. The molecule has 7 heteroatoms. The molecular weight excluding hydrogens is 420 g/mol. The number of carbonyl (C=O) groups is 1. The summed E-state index contributed by atoms with van der Waals surface area (Å²) in [4.78, 5) is 14.5. The fourth-order valence-electron chi connectivity index (χ4n) is 4.17. The number of aliphatic hydroxyl groups is 1. The highest BCUT2D eigenvalue weighted by atomic mass is 79.9. The number of nitrogens with one attached hydrogen (secondary N) is 1. The molecule has 0 spiro atoms. The Morgan fingerprint density at radius 1 is 1.20 bits per heavy atom. The monoisotopic (exact) mass is 442 g/mol. The van der Waals surface area contributed by atoms with Crippen LogP contribution in [0.2, 0.25) is 0 Å². The van der Waals surface area contributed by atoms with E-state index in [9.17, 15) is 9.90 Å². The second kappa shape index (κ2) is 7.12. The molecule has 3 aliphatic rings. The highest BCUT2D eigenvalue weighted by molar-refractivity contribution is 7.12. The Morgan fingerprint density at radius 2 is 1.76 bits per heavy atom. The summed E-state index contributed by atoms with van der Waals surface area (Å²) in [5, 5.41) is 18.4. The third-order valence-electron chi connectivity index (χ3n) is 5.69. The molecule has 3 saturated heterocycles. The molecule has 3 aliphatic heterocycles. The van der Waals surface area contributed by atoms with Crippen LogP contribution in [0.5, 0.6) is 0 Å². The lowest BCUT2D eigenvalue weighted by Crippen LogP contribution is -3.00. The molecule has 4 nitrogen and oxygen atoms in total. The van der Waals surface area contributed by atoms with Crippen molar-refractivity contribution >= 4 is 28.6 Å². The Kier molecular flexibility index (Phi) is 5.42. The number of halogens is 1. The quantitative estimate of drug-likeness (QED) is 0.621. The molecular formula is C18H23BrN2O2S2. The molecule has 5 rings (SSSR count). The first-order chi connectivity index (χ1) is 11.5. The van der Waals surface area contributed by atoms with Crippen LogP contribution in [0.3, 0.4) is 0 Å². The number of hydrogen-bond donors (Lipinski definition) is 2. The van der Waals surface area contributed by atoms with E-state index in [0.717, 1.165) is 23.9 Å². The Bertz CT molecular complexity index is 675. The van der Waals surface area contributed by atoms with Gasteiger partial charge in [-0.05, 0) is 28.8 Å². The predicted octanol–water partition coefficient (Wildman–Crippen LogP) is -0.595. The number of carbonyl (C=O) groups excluding carboxylic acids is 1. The summed E-state index contributed by atoms with van der Waals surface area (Å²) in [6, 6.07) is 7.61. The molecule has 0 radical (unpaired) electrons. The van der Waals surface area contributed by atoms with E-state index in [1.807, 2.05) is 35.0 Å². The number of thiophene rings is 2. The Hall–Kier alpha value is -0.730. The van der Waals surface area contributed by atoms with E-state index in [4.69, 9.17) is 0 Å². The second-order valence-corrected chi connectivity index (χ2v) is 9.23. The zero-order chi connectivity index (χ0) is 16.8. The maximum Gasteiger partial charge on any atom is 0.263 e. The average molecular weight is 443 g/mol. The van der Waals surface area contributed by atoms with Crippen LogP contribution in [0, 0.1) is 5.92 Å². The van der Waals surface area contributed by atoms with Crippen molar-refractivity contribution in [2.45, 2.75) is 24.5 Å². The van der Waals surface area contributed by atoms with Gasteiger partial charge in [-0.2, -0.15) is 0 Å². The lowest BCUT2D eigenvalue weighted by Gasteiger charge is -2.50. The zero-order valence-electron chi connectivity index (χ0n) is 14.2. The molecule has 3 fully saturated rings. The summed E-state index contributed by atoms with van der Waals surface area (Å²) < 4.78 is 1.04. The van der Waals surface area contributed by atoms with Crippen molar-refractivity contribution < 1.29 is 31.4 Å². The van der Waals surface area contributed by atoms with Gasteiger partial charge in [-0.3, -0.25) is 4.79 Å². The van der Waals surface area contributed by atoms with E-state index in [0.29, 0.717) is 15.7 Å². The largest absolute Gasteiger partial charge is 1.00 e. The fraction of sp³-hybridized carbons (Fsp3) is 0.500. The van der Waals surface area contributed by atoms with E-state index in [-0.39, 0.29) is 28.9 Å². The molecule has 5 heterocycles. The minimum absolute atomic E-state index is 0. The number of hydrogen-bond acceptors (Lipinski definition) is 4. The van der Waals surface area contributed by atoms with Gasteiger partial charge in [0.2, 0.25) is 5.60 Å². The smallest absolute Gasteiger partial charge is 0.263 e. The van der Waals surface area contributed by atoms with Gasteiger partial charge in [0, 0.05) is 12.8 Å². The van der Waals surface area contributed by atoms with Gasteiger partial charge in [0.25, 0.3) is 5.91 Å². The minimum atomic E-state index is -1.58. The molecule has 1 atom stereocenters. The van der Waals surface area contributed by atoms with E-state index in [1.54, 1.807) is 0 Å². The number of piperidine rings is 3. The number of quaternary nitrogens is 1. The SMILES string of the molecule is C[N+]12CCC(CC1)C(NC(=O)C(O)(c1cccs1)c1cccs1)C2.[Br-]. The number of fused-ring (bicyclic) bond motifs is 3. The average Bonchev–Trinajstić information content (AvgIpc) is 3.28. The van der Waals surface area contributed by atoms with Crippen LogP contribution in [0.15, 0.2) is 35.0 Å². The van der Waals surface area contributed by atoms with Crippen molar-refractivity contribution in [2.24, 2.45) is 5.92 Å². The zero-order valence-corrected chi connectivity index (χ0v) is 17.4. The number of amides is 1. The van der Waals surface area contributed by atoms with Crippen LogP contribution in [0.4, 0.5) is 0 Å². The fourth-order valence-corrected chi connectivity index (χ4v) is 5.90. The van der Waals surface area contributed by atoms with Crippen LogP contribution < -0.4 is 22.3 Å². The summed E-state index contributed by atoms with van der Waals surface area (Å²) in [5.74, 6) is 0.266. The highest BCUT2D eigenvalue weighted by Gasteiger charge is 2.48. The molecule has 0 saturated carbocycles. The summed E-state index contributed by atoms with van der Waals surface area (Å²) in [5.41, 5.74) is -1.58. The number of likely N-dealkylation sites (N-methyl/N-ethyl adjacent to an activating group) is 1. The number of rotatable bonds is 4. The topological polar surface area (TPSA) is 49.3 Å². The Labute approximate surface area is 166 Å². The van der Waals surface area contributed by atoms with Gasteiger partial charge in [-0.25, -0.2) is 0 Å². The van der Waals surface area contributed by atoms with Gasteiger partial charge in [0.15, 0.2) is 0 Å². The Morgan fingerprint density at radius 3 is 2.20 bits per heavy atom. The van der Waals surface area contributed by atoms with Gasteiger partial charge >= 0.3 is 0 Å². The van der Waals surface area contributed by atoms with Crippen molar-refractivity contribution in [3.63, 3.8) is 0 Å². The molecule has 0 aliphatic carbocycles.